The number of H-pyrrole nitrogens is 1. The van der Waals surface area contributed by atoms with Gasteiger partial charge in [0.2, 0.25) is 0 Å². The molecule has 0 saturated carbocycles. The zero-order valence-electron chi connectivity index (χ0n) is 15.9. The van der Waals surface area contributed by atoms with Gasteiger partial charge in [0, 0.05) is 15.6 Å². The summed E-state index contributed by atoms with van der Waals surface area (Å²) in [5, 5.41) is 5.89. The first-order chi connectivity index (χ1) is 14.5. The standard InChI is InChI=1S/C22H17BrN4O2S/c1-29-19-11-8-14(20-24-16-4-2-3-5-17(16)25-20)12-18(19)26-22(30)27-21(28)13-6-9-15(23)10-7-13/h2-12H,1H3,(H,24,25)(H2,26,27,28,30). The molecule has 3 aromatic carbocycles. The Morgan fingerprint density at radius 3 is 2.60 bits per heavy atom. The van der Waals surface area contributed by atoms with Crippen LogP contribution >= 0.6 is 28.1 Å². The smallest absolute Gasteiger partial charge is 0.257 e. The first-order valence-electron chi connectivity index (χ1n) is 9.04. The number of halogens is 1. The molecule has 1 amide bonds. The lowest BCUT2D eigenvalue weighted by Crippen LogP contribution is -2.34. The van der Waals surface area contributed by atoms with Crippen LogP contribution in [0.2, 0.25) is 0 Å². The first kappa shape index (κ1) is 20.1. The van der Waals surface area contributed by atoms with E-state index in [9.17, 15) is 4.79 Å². The molecule has 0 aliphatic heterocycles. The lowest BCUT2D eigenvalue weighted by atomic mass is 10.1. The molecule has 1 heterocycles. The van der Waals surface area contributed by atoms with Gasteiger partial charge in [-0.25, -0.2) is 4.98 Å². The number of aromatic amines is 1. The van der Waals surface area contributed by atoms with Gasteiger partial charge in [-0.15, -0.1) is 0 Å². The van der Waals surface area contributed by atoms with Gasteiger partial charge < -0.3 is 15.0 Å². The van der Waals surface area contributed by atoms with Crippen LogP contribution in [0.15, 0.2) is 71.2 Å². The summed E-state index contributed by atoms with van der Waals surface area (Å²) in [5.74, 6) is 1.02. The Labute approximate surface area is 186 Å². The van der Waals surface area contributed by atoms with Crippen LogP contribution in [0.5, 0.6) is 5.75 Å². The van der Waals surface area contributed by atoms with E-state index in [1.807, 2.05) is 42.5 Å². The van der Waals surface area contributed by atoms with Crippen molar-refractivity contribution in [2.24, 2.45) is 0 Å². The minimum Gasteiger partial charge on any atom is -0.495 e. The minimum absolute atomic E-state index is 0.169. The summed E-state index contributed by atoms with van der Waals surface area (Å²) in [7, 11) is 1.57. The zero-order chi connectivity index (χ0) is 21.1. The Hall–Kier alpha value is -3.23. The molecule has 4 aromatic rings. The highest BCUT2D eigenvalue weighted by atomic mass is 79.9. The Morgan fingerprint density at radius 1 is 1.10 bits per heavy atom. The third-order valence-electron chi connectivity index (χ3n) is 4.44. The third kappa shape index (κ3) is 4.34. The van der Waals surface area contributed by atoms with Gasteiger partial charge in [-0.1, -0.05) is 28.1 Å². The molecule has 0 bridgehead atoms. The quantitative estimate of drug-likeness (QED) is 0.353. The van der Waals surface area contributed by atoms with Gasteiger partial charge in [0.25, 0.3) is 5.91 Å². The lowest BCUT2D eigenvalue weighted by Gasteiger charge is -2.14. The number of aromatic nitrogens is 2. The number of imidazole rings is 1. The molecule has 0 aliphatic rings. The van der Waals surface area contributed by atoms with E-state index in [-0.39, 0.29) is 11.0 Å². The first-order valence-corrected chi connectivity index (χ1v) is 10.2. The van der Waals surface area contributed by atoms with E-state index in [4.69, 9.17) is 17.0 Å². The average Bonchev–Trinajstić information content (AvgIpc) is 3.18. The summed E-state index contributed by atoms with van der Waals surface area (Å²) in [4.78, 5) is 20.3. The summed E-state index contributed by atoms with van der Waals surface area (Å²) in [5.41, 5.74) is 3.82. The highest BCUT2D eigenvalue weighted by Gasteiger charge is 2.13. The van der Waals surface area contributed by atoms with Crippen molar-refractivity contribution in [2.75, 3.05) is 12.4 Å². The van der Waals surface area contributed by atoms with E-state index in [1.54, 1.807) is 31.4 Å². The summed E-state index contributed by atoms with van der Waals surface area (Å²) in [6.45, 7) is 0. The molecule has 0 saturated heterocycles. The second kappa shape index (κ2) is 8.64. The van der Waals surface area contributed by atoms with Gasteiger partial charge in [0.15, 0.2) is 5.11 Å². The van der Waals surface area contributed by atoms with Crippen LogP contribution in [-0.2, 0) is 0 Å². The second-order valence-corrected chi connectivity index (χ2v) is 7.76. The van der Waals surface area contributed by atoms with Crippen molar-refractivity contribution in [1.29, 1.82) is 0 Å². The molecule has 0 aliphatic carbocycles. The van der Waals surface area contributed by atoms with E-state index in [0.717, 1.165) is 26.9 Å². The van der Waals surface area contributed by atoms with Crippen LogP contribution in [0.3, 0.4) is 0 Å². The number of hydrogen-bond donors (Lipinski definition) is 3. The van der Waals surface area contributed by atoms with Crippen molar-refractivity contribution in [3.63, 3.8) is 0 Å². The Balaban J connectivity index is 1.55. The maximum Gasteiger partial charge on any atom is 0.257 e. The number of fused-ring (bicyclic) bond motifs is 1. The molecule has 0 unspecified atom stereocenters. The maximum absolute atomic E-state index is 12.4. The summed E-state index contributed by atoms with van der Waals surface area (Å²) < 4.78 is 6.32. The number of anilines is 1. The number of nitrogens with one attached hydrogen (secondary N) is 3. The summed E-state index contributed by atoms with van der Waals surface area (Å²) >= 11 is 8.68. The van der Waals surface area contributed by atoms with Crippen LogP contribution < -0.4 is 15.4 Å². The molecule has 0 spiro atoms. The number of benzene rings is 3. The lowest BCUT2D eigenvalue weighted by molar-refractivity contribution is 0.0977. The fourth-order valence-electron chi connectivity index (χ4n) is 2.97. The number of rotatable bonds is 4. The largest absolute Gasteiger partial charge is 0.495 e. The fourth-order valence-corrected chi connectivity index (χ4v) is 3.44. The SMILES string of the molecule is COc1ccc(-c2nc3ccccc3[nH]2)cc1NC(=S)NC(=O)c1ccc(Br)cc1. The van der Waals surface area contributed by atoms with Gasteiger partial charge in [-0.05, 0) is 66.8 Å². The van der Waals surface area contributed by atoms with Crippen LogP contribution in [0.25, 0.3) is 22.4 Å². The number of nitrogens with zero attached hydrogens (tertiary/aromatic N) is 1. The minimum atomic E-state index is -0.299. The van der Waals surface area contributed by atoms with Crippen molar-refractivity contribution in [2.45, 2.75) is 0 Å². The molecule has 1 aromatic heterocycles. The number of thiocarbonyl (C=S) groups is 1. The number of methoxy groups -OCH3 is 1. The summed E-state index contributed by atoms with van der Waals surface area (Å²) in [6.07, 6.45) is 0. The molecular weight excluding hydrogens is 464 g/mol. The highest BCUT2D eigenvalue weighted by molar-refractivity contribution is 9.10. The van der Waals surface area contributed by atoms with E-state index in [2.05, 4.69) is 36.5 Å². The Morgan fingerprint density at radius 2 is 1.87 bits per heavy atom. The van der Waals surface area contributed by atoms with Crippen molar-refractivity contribution < 1.29 is 9.53 Å². The fraction of sp³-hybridized carbons (Fsp3) is 0.0455. The maximum atomic E-state index is 12.4. The topological polar surface area (TPSA) is 79.0 Å². The molecule has 0 atom stereocenters. The van der Waals surface area contributed by atoms with Crippen molar-refractivity contribution in [3.8, 4) is 17.1 Å². The van der Waals surface area contributed by atoms with Crippen LogP contribution in [0, 0.1) is 0 Å². The molecule has 3 N–H and O–H groups in total. The van der Waals surface area contributed by atoms with E-state index < -0.39 is 0 Å². The number of amides is 1. The van der Waals surface area contributed by atoms with Gasteiger partial charge in [-0.2, -0.15) is 0 Å². The monoisotopic (exact) mass is 480 g/mol. The van der Waals surface area contributed by atoms with Gasteiger partial charge >= 0.3 is 0 Å². The Bertz CT molecular complexity index is 1200. The van der Waals surface area contributed by atoms with E-state index >= 15 is 0 Å². The molecule has 30 heavy (non-hydrogen) atoms. The number of hydrogen-bond acceptors (Lipinski definition) is 4. The summed E-state index contributed by atoms with van der Waals surface area (Å²) in [6, 6.07) is 20.4. The normalized spacial score (nSPS) is 10.6. The van der Waals surface area contributed by atoms with E-state index in [1.165, 1.54) is 0 Å². The van der Waals surface area contributed by atoms with Gasteiger partial charge in [0.05, 0.1) is 23.8 Å². The van der Waals surface area contributed by atoms with Gasteiger partial charge in [0.1, 0.15) is 11.6 Å². The molecule has 4 rings (SSSR count). The molecule has 150 valence electrons. The predicted octanol–water partition coefficient (Wildman–Crippen LogP) is 5.13. The highest BCUT2D eigenvalue weighted by Crippen LogP contribution is 2.30. The van der Waals surface area contributed by atoms with Crippen molar-refractivity contribution in [3.05, 3.63) is 76.8 Å². The zero-order valence-corrected chi connectivity index (χ0v) is 18.3. The van der Waals surface area contributed by atoms with Crippen LogP contribution in [0.4, 0.5) is 5.69 Å². The number of para-hydroxylation sites is 2. The number of carbonyl (C=O) groups is 1. The van der Waals surface area contributed by atoms with Crippen LogP contribution in [0.1, 0.15) is 10.4 Å². The van der Waals surface area contributed by atoms with Gasteiger partial charge in [-0.3, -0.25) is 10.1 Å². The predicted molar refractivity (Wildman–Crippen MR) is 126 cm³/mol. The number of ether oxygens (including phenoxy) is 1. The second-order valence-electron chi connectivity index (χ2n) is 6.43. The average molecular weight is 481 g/mol. The van der Waals surface area contributed by atoms with E-state index in [0.29, 0.717) is 17.0 Å². The molecule has 8 heteroatoms. The van der Waals surface area contributed by atoms with Crippen LogP contribution in [-0.4, -0.2) is 28.1 Å². The molecule has 6 nitrogen and oxygen atoms in total. The van der Waals surface area contributed by atoms with Crippen molar-refractivity contribution >= 4 is 55.9 Å². The number of carbonyl (C=O) groups excluding carboxylic acids is 1. The molecular formula is C22H17BrN4O2S. The Kier molecular flexibility index (Phi) is 5.78. The molecule has 0 fully saturated rings. The third-order valence-corrected chi connectivity index (χ3v) is 5.18. The van der Waals surface area contributed by atoms with Crippen molar-refractivity contribution in [1.82, 2.24) is 15.3 Å². The molecule has 0 radical (unpaired) electrons.